The monoisotopic (exact) mass is 256 g/mol. The van der Waals surface area contributed by atoms with Crippen LogP contribution in [0.25, 0.3) is 0 Å². The fraction of sp³-hybridized carbons (Fsp3) is 0.833. The third kappa shape index (κ3) is 3.68. The van der Waals surface area contributed by atoms with Crippen LogP contribution >= 0.6 is 0 Å². The summed E-state index contributed by atoms with van der Waals surface area (Å²) < 4.78 is 5.21. The number of hydrogen-bond donors (Lipinski definition) is 1. The first-order chi connectivity index (χ1) is 8.65. The van der Waals surface area contributed by atoms with Crippen LogP contribution in [-0.4, -0.2) is 72.7 Å². The van der Waals surface area contributed by atoms with Gasteiger partial charge < -0.3 is 14.7 Å². The molecule has 102 valence electrons. The van der Waals surface area contributed by atoms with E-state index in [0.717, 1.165) is 19.5 Å². The van der Waals surface area contributed by atoms with Crippen molar-refractivity contribution in [1.82, 2.24) is 9.80 Å². The van der Waals surface area contributed by atoms with Crippen molar-refractivity contribution in [1.29, 1.82) is 0 Å². The summed E-state index contributed by atoms with van der Waals surface area (Å²) in [5.74, 6) is -0.421. The third-order valence-corrected chi connectivity index (χ3v) is 3.56. The Morgan fingerprint density at radius 3 is 2.61 bits per heavy atom. The number of ether oxygens (including phenoxy) is 1. The molecule has 1 unspecified atom stereocenters. The van der Waals surface area contributed by atoms with Gasteiger partial charge in [-0.3, -0.25) is 14.5 Å². The molecule has 0 bridgehead atoms. The first kappa shape index (κ1) is 13.3. The molecule has 1 amide bonds. The highest BCUT2D eigenvalue weighted by molar-refractivity contribution is 5.78. The lowest BCUT2D eigenvalue weighted by molar-refractivity contribution is -0.138. The van der Waals surface area contributed by atoms with Gasteiger partial charge in [-0.15, -0.1) is 0 Å². The van der Waals surface area contributed by atoms with Crippen molar-refractivity contribution in [2.75, 3.05) is 45.9 Å². The van der Waals surface area contributed by atoms with Gasteiger partial charge in [-0.1, -0.05) is 0 Å². The molecule has 0 spiro atoms. The van der Waals surface area contributed by atoms with Crippen molar-refractivity contribution in [3.05, 3.63) is 0 Å². The van der Waals surface area contributed by atoms with Crippen LogP contribution in [0, 0.1) is 5.92 Å². The van der Waals surface area contributed by atoms with Crippen molar-refractivity contribution in [3.63, 3.8) is 0 Å². The number of nitrogens with zero attached hydrogens (tertiary/aromatic N) is 2. The number of hydrogen-bond acceptors (Lipinski definition) is 4. The summed E-state index contributed by atoms with van der Waals surface area (Å²) >= 11 is 0. The molecular formula is C12H20N2O4. The fourth-order valence-corrected chi connectivity index (χ4v) is 2.57. The van der Waals surface area contributed by atoms with Crippen molar-refractivity contribution in [2.24, 2.45) is 5.92 Å². The molecule has 2 rings (SSSR count). The minimum Gasteiger partial charge on any atom is -0.481 e. The Balaban J connectivity index is 1.73. The van der Waals surface area contributed by atoms with Gasteiger partial charge in [0, 0.05) is 26.1 Å². The molecule has 0 aromatic rings. The number of carboxylic acids is 1. The van der Waals surface area contributed by atoms with E-state index in [9.17, 15) is 9.59 Å². The zero-order chi connectivity index (χ0) is 13.0. The highest BCUT2D eigenvalue weighted by Gasteiger charge is 2.27. The van der Waals surface area contributed by atoms with Gasteiger partial charge in [0.1, 0.15) is 0 Å². The van der Waals surface area contributed by atoms with Gasteiger partial charge in [-0.25, -0.2) is 0 Å². The topological polar surface area (TPSA) is 70.1 Å². The molecule has 2 aliphatic heterocycles. The molecule has 2 saturated heterocycles. The molecule has 6 nitrogen and oxygen atoms in total. The predicted octanol–water partition coefficient (Wildman–Crippen LogP) is -0.358. The second-order valence-electron chi connectivity index (χ2n) is 4.98. The lowest BCUT2D eigenvalue weighted by Crippen LogP contribution is -2.45. The van der Waals surface area contributed by atoms with Crippen LogP contribution in [-0.2, 0) is 14.3 Å². The summed E-state index contributed by atoms with van der Waals surface area (Å²) in [6.07, 6.45) is 1.09. The molecule has 1 atom stereocenters. The first-order valence-corrected chi connectivity index (χ1v) is 6.45. The third-order valence-electron chi connectivity index (χ3n) is 3.56. The molecule has 18 heavy (non-hydrogen) atoms. The minimum atomic E-state index is -0.749. The number of carbonyl (C=O) groups is 2. The van der Waals surface area contributed by atoms with Gasteiger partial charge in [-0.05, 0) is 18.9 Å². The summed E-state index contributed by atoms with van der Waals surface area (Å²) in [6, 6.07) is 0. The van der Waals surface area contributed by atoms with Gasteiger partial charge in [0.25, 0.3) is 0 Å². The van der Waals surface area contributed by atoms with Gasteiger partial charge in [0.05, 0.1) is 19.8 Å². The lowest BCUT2D eigenvalue weighted by Gasteiger charge is -2.28. The van der Waals surface area contributed by atoms with E-state index in [1.807, 2.05) is 4.90 Å². The largest absolute Gasteiger partial charge is 0.481 e. The van der Waals surface area contributed by atoms with E-state index < -0.39 is 5.97 Å². The van der Waals surface area contributed by atoms with E-state index in [2.05, 4.69) is 4.90 Å². The fourth-order valence-electron chi connectivity index (χ4n) is 2.57. The summed E-state index contributed by atoms with van der Waals surface area (Å²) in [4.78, 5) is 26.5. The molecule has 0 aromatic carbocycles. The zero-order valence-corrected chi connectivity index (χ0v) is 10.5. The summed E-state index contributed by atoms with van der Waals surface area (Å²) in [7, 11) is 0. The second kappa shape index (κ2) is 6.15. The maximum Gasteiger partial charge on any atom is 0.303 e. The zero-order valence-electron chi connectivity index (χ0n) is 10.5. The number of aliphatic carboxylic acids is 1. The number of rotatable bonds is 4. The molecule has 2 heterocycles. The van der Waals surface area contributed by atoms with Crippen LogP contribution in [0.5, 0.6) is 0 Å². The Kier molecular flexibility index (Phi) is 4.54. The molecule has 0 saturated carbocycles. The normalized spacial score (nSPS) is 25.3. The number of morpholine rings is 1. The molecule has 6 heteroatoms. The quantitative estimate of drug-likeness (QED) is 0.744. The van der Waals surface area contributed by atoms with E-state index in [1.54, 1.807) is 0 Å². The maximum atomic E-state index is 12.0. The van der Waals surface area contributed by atoms with Gasteiger partial charge in [0.2, 0.25) is 5.91 Å². The van der Waals surface area contributed by atoms with Crippen LogP contribution in [0.15, 0.2) is 0 Å². The highest BCUT2D eigenvalue weighted by Crippen LogP contribution is 2.19. The second-order valence-corrected chi connectivity index (χ2v) is 4.98. The van der Waals surface area contributed by atoms with Crippen LogP contribution < -0.4 is 0 Å². The number of carbonyl (C=O) groups excluding carboxylic acids is 1. The Morgan fingerprint density at radius 2 is 1.94 bits per heavy atom. The lowest BCUT2D eigenvalue weighted by atomic mass is 10.1. The SMILES string of the molecule is O=C(O)CC1CCN(CC(=O)N2CCOCC2)C1. The van der Waals surface area contributed by atoms with Gasteiger partial charge >= 0.3 is 5.97 Å². The van der Waals surface area contributed by atoms with Crippen LogP contribution in [0.3, 0.4) is 0 Å². The van der Waals surface area contributed by atoms with Crippen molar-refractivity contribution >= 4 is 11.9 Å². The molecule has 0 radical (unpaired) electrons. The summed E-state index contributed by atoms with van der Waals surface area (Å²) in [6.45, 7) is 4.55. The number of amides is 1. The van der Waals surface area contributed by atoms with Crippen molar-refractivity contribution < 1.29 is 19.4 Å². The Morgan fingerprint density at radius 1 is 1.22 bits per heavy atom. The summed E-state index contributed by atoms with van der Waals surface area (Å²) in [5, 5.41) is 8.74. The molecular weight excluding hydrogens is 236 g/mol. The van der Waals surface area contributed by atoms with Crippen LogP contribution in [0.2, 0.25) is 0 Å². The average molecular weight is 256 g/mol. The predicted molar refractivity (Wildman–Crippen MR) is 64.2 cm³/mol. The number of carboxylic acid groups (broad SMARTS) is 1. The molecule has 0 aromatic heterocycles. The van der Waals surface area contributed by atoms with Gasteiger partial charge in [-0.2, -0.15) is 0 Å². The van der Waals surface area contributed by atoms with Crippen LogP contribution in [0.1, 0.15) is 12.8 Å². The first-order valence-electron chi connectivity index (χ1n) is 6.45. The van der Waals surface area contributed by atoms with E-state index in [-0.39, 0.29) is 18.2 Å². The summed E-state index contributed by atoms with van der Waals surface area (Å²) in [5.41, 5.74) is 0. The van der Waals surface area contributed by atoms with E-state index in [4.69, 9.17) is 9.84 Å². The smallest absolute Gasteiger partial charge is 0.303 e. The minimum absolute atomic E-state index is 0.134. The Hall–Kier alpha value is -1.14. The Bertz CT molecular complexity index is 315. The molecule has 1 N–H and O–H groups in total. The molecule has 2 aliphatic rings. The molecule has 0 aliphatic carbocycles. The maximum absolute atomic E-state index is 12.0. The van der Waals surface area contributed by atoms with Crippen molar-refractivity contribution in [3.8, 4) is 0 Å². The van der Waals surface area contributed by atoms with E-state index in [1.165, 1.54) is 0 Å². The standard InChI is InChI=1S/C12H20N2O4/c15-11(14-3-5-18-6-4-14)9-13-2-1-10(8-13)7-12(16)17/h10H,1-9H2,(H,16,17). The average Bonchev–Trinajstić information content (AvgIpc) is 2.76. The Labute approximate surface area is 106 Å². The van der Waals surface area contributed by atoms with E-state index >= 15 is 0 Å². The van der Waals surface area contributed by atoms with E-state index in [0.29, 0.717) is 32.8 Å². The van der Waals surface area contributed by atoms with Crippen LogP contribution in [0.4, 0.5) is 0 Å². The van der Waals surface area contributed by atoms with Crippen molar-refractivity contribution in [2.45, 2.75) is 12.8 Å². The van der Waals surface area contributed by atoms with Gasteiger partial charge in [0.15, 0.2) is 0 Å². The number of likely N-dealkylation sites (tertiary alicyclic amines) is 1. The molecule has 2 fully saturated rings. The highest BCUT2D eigenvalue weighted by atomic mass is 16.5.